The Hall–Kier alpha value is -1.23. The molecule has 54 valence electrons. The van der Waals surface area contributed by atoms with Gasteiger partial charge in [0.05, 0.1) is 0 Å². The van der Waals surface area contributed by atoms with E-state index in [1.807, 2.05) is 0 Å². The Kier molecular flexibility index (Phi) is 1.50. The van der Waals surface area contributed by atoms with Gasteiger partial charge >= 0.3 is 0 Å². The second-order valence-electron chi connectivity index (χ2n) is 1.93. The van der Waals surface area contributed by atoms with Crippen LogP contribution in [0.2, 0.25) is 0 Å². The minimum Gasteiger partial charge on any atom is -0.375 e. The maximum atomic E-state index is 10.6. The fourth-order valence-electron chi connectivity index (χ4n) is 0.613. The lowest BCUT2D eigenvalue weighted by Gasteiger charge is -2.12. The van der Waals surface area contributed by atoms with E-state index in [-0.39, 0.29) is 5.84 Å². The van der Waals surface area contributed by atoms with Crippen LogP contribution >= 0.6 is 0 Å². The zero-order chi connectivity index (χ0) is 7.72. The van der Waals surface area contributed by atoms with Crippen LogP contribution in [-0.2, 0) is 9.59 Å². The molecular formula is C5H6N2O3. The first-order valence-corrected chi connectivity index (χ1v) is 2.69. The molecule has 10 heavy (non-hydrogen) atoms. The number of nitrogens with zero attached hydrogens (tertiary/aromatic N) is 1. The molecule has 1 aliphatic rings. The minimum absolute atomic E-state index is 0.223. The number of aliphatic hydroxyl groups excluding tert-OH is 1. The van der Waals surface area contributed by atoms with Gasteiger partial charge in [-0.15, -0.1) is 0 Å². The van der Waals surface area contributed by atoms with Crippen LogP contribution in [0, 0.1) is 0 Å². The molecule has 0 saturated carbocycles. The normalized spacial score (nSPS) is 25.8. The van der Waals surface area contributed by atoms with Crippen molar-refractivity contribution >= 4 is 17.6 Å². The highest BCUT2D eigenvalue weighted by Crippen LogP contribution is 1.94. The number of nitrogens with one attached hydrogen (secondary N) is 1. The number of amidine groups is 1. The first-order chi connectivity index (χ1) is 4.61. The van der Waals surface area contributed by atoms with E-state index in [4.69, 9.17) is 5.11 Å². The lowest BCUT2D eigenvalue weighted by Crippen LogP contribution is -2.46. The van der Waals surface area contributed by atoms with Gasteiger partial charge in [-0.1, -0.05) is 0 Å². The molecule has 0 bridgehead atoms. The summed E-state index contributed by atoms with van der Waals surface area (Å²) in [5.74, 6) is -1.29. The summed E-state index contributed by atoms with van der Waals surface area (Å²) in [7, 11) is 0. The summed E-state index contributed by atoms with van der Waals surface area (Å²) in [6, 6.07) is 0. The Morgan fingerprint density at radius 1 is 1.60 bits per heavy atom. The number of carbonyl (C=O) groups is 2. The molecule has 0 aromatic carbocycles. The molecule has 5 heteroatoms. The van der Waals surface area contributed by atoms with Crippen LogP contribution < -0.4 is 5.32 Å². The molecule has 1 rings (SSSR count). The van der Waals surface area contributed by atoms with E-state index in [9.17, 15) is 9.59 Å². The van der Waals surface area contributed by atoms with Crippen molar-refractivity contribution in [2.75, 3.05) is 0 Å². The van der Waals surface area contributed by atoms with E-state index < -0.39 is 17.9 Å². The number of carbonyl (C=O) groups excluding carboxylic acids is 2. The van der Waals surface area contributed by atoms with Crippen molar-refractivity contribution in [2.24, 2.45) is 4.99 Å². The van der Waals surface area contributed by atoms with Crippen LogP contribution in [0.1, 0.15) is 6.92 Å². The molecule has 0 aromatic rings. The largest absolute Gasteiger partial charge is 0.375 e. The van der Waals surface area contributed by atoms with Gasteiger partial charge in [0.2, 0.25) is 6.10 Å². The smallest absolute Gasteiger partial charge is 0.285 e. The third-order valence-corrected chi connectivity index (χ3v) is 1.06. The number of aliphatic imine (C=N–C) groups is 1. The fraction of sp³-hybridized carbons (Fsp3) is 0.400. The van der Waals surface area contributed by atoms with E-state index in [0.29, 0.717) is 0 Å². The number of aliphatic hydroxyl groups is 1. The van der Waals surface area contributed by atoms with E-state index in [1.165, 1.54) is 6.92 Å². The molecule has 2 amide bonds. The van der Waals surface area contributed by atoms with Gasteiger partial charge in [-0.25, -0.2) is 0 Å². The van der Waals surface area contributed by atoms with Crippen molar-refractivity contribution in [1.29, 1.82) is 0 Å². The zero-order valence-electron chi connectivity index (χ0n) is 5.29. The van der Waals surface area contributed by atoms with Gasteiger partial charge in [0.15, 0.2) is 0 Å². The van der Waals surface area contributed by atoms with Gasteiger partial charge in [-0.3, -0.25) is 9.59 Å². The first kappa shape index (κ1) is 6.88. The lowest BCUT2D eigenvalue weighted by atomic mass is 10.3. The highest BCUT2D eigenvalue weighted by Gasteiger charge is 2.27. The van der Waals surface area contributed by atoms with Gasteiger partial charge in [0.25, 0.3) is 11.8 Å². The highest BCUT2D eigenvalue weighted by atomic mass is 16.3. The van der Waals surface area contributed by atoms with Gasteiger partial charge in [-0.2, -0.15) is 4.99 Å². The summed E-state index contributed by atoms with van der Waals surface area (Å²) in [6.07, 6.45) is -1.62. The maximum absolute atomic E-state index is 10.6. The highest BCUT2D eigenvalue weighted by molar-refractivity contribution is 6.16. The summed E-state index contributed by atoms with van der Waals surface area (Å²) in [5.41, 5.74) is 0. The molecule has 0 fully saturated rings. The predicted octanol–water partition coefficient (Wildman–Crippen LogP) is -1.58. The standard InChI is InChI=1S/C5H6N2O3/c1-2-6-4(9)3(8)5(10)7-2/h3,8H,1H3,(H,6,7,9,10). The van der Waals surface area contributed by atoms with E-state index in [1.54, 1.807) is 0 Å². The average Bonchev–Trinajstić information content (AvgIpc) is 1.82. The van der Waals surface area contributed by atoms with Crippen LogP contribution in [0.15, 0.2) is 4.99 Å². The molecule has 0 aromatic heterocycles. The van der Waals surface area contributed by atoms with E-state index >= 15 is 0 Å². The molecular weight excluding hydrogens is 136 g/mol. The van der Waals surface area contributed by atoms with E-state index in [0.717, 1.165) is 0 Å². The second-order valence-corrected chi connectivity index (χ2v) is 1.93. The molecule has 1 unspecified atom stereocenters. The molecule has 1 atom stereocenters. The Bertz CT molecular complexity index is 221. The molecule has 2 N–H and O–H groups in total. The molecule has 0 radical (unpaired) electrons. The number of hydrogen-bond acceptors (Lipinski definition) is 3. The predicted molar refractivity (Wildman–Crippen MR) is 32.3 cm³/mol. The summed E-state index contributed by atoms with van der Waals surface area (Å²) < 4.78 is 0. The molecule has 0 spiro atoms. The van der Waals surface area contributed by atoms with Crippen LogP contribution in [0.4, 0.5) is 0 Å². The van der Waals surface area contributed by atoms with Gasteiger partial charge in [-0.05, 0) is 6.92 Å². The Labute approximate surface area is 56.8 Å². The minimum atomic E-state index is -1.62. The van der Waals surface area contributed by atoms with Crippen LogP contribution in [0.25, 0.3) is 0 Å². The van der Waals surface area contributed by atoms with Crippen LogP contribution in [0.5, 0.6) is 0 Å². The Morgan fingerprint density at radius 2 is 2.20 bits per heavy atom. The van der Waals surface area contributed by atoms with Crippen molar-refractivity contribution in [3.05, 3.63) is 0 Å². The van der Waals surface area contributed by atoms with Crippen molar-refractivity contribution in [3.63, 3.8) is 0 Å². The molecule has 1 heterocycles. The summed E-state index contributed by atoms with van der Waals surface area (Å²) in [4.78, 5) is 24.4. The molecule has 0 saturated heterocycles. The maximum Gasteiger partial charge on any atom is 0.285 e. The van der Waals surface area contributed by atoms with Crippen molar-refractivity contribution in [3.8, 4) is 0 Å². The number of hydrogen-bond donors (Lipinski definition) is 2. The lowest BCUT2D eigenvalue weighted by molar-refractivity contribution is -0.139. The Morgan fingerprint density at radius 3 is 2.70 bits per heavy atom. The van der Waals surface area contributed by atoms with Crippen LogP contribution in [-0.4, -0.2) is 28.9 Å². The summed E-state index contributed by atoms with van der Waals surface area (Å²) in [5, 5.41) is 10.9. The molecule has 5 nitrogen and oxygen atoms in total. The SMILES string of the molecule is CC1=NC(=O)C(O)C(=O)N1. The Balaban J connectivity index is 2.89. The topological polar surface area (TPSA) is 78.8 Å². The molecule has 0 aliphatic carbocycles. The number of rotatable bonds is 0. The van der Waals surface area contributed by atoms with Gasteiger partial charge < -0.3 is 10.4 Å². The quantitative estimate of drug-likeness (QED) is 0.401. The number of amides is 2. The van der Waals surface area contributed by atoms with Crippen molar-refractivity contribution in [2.45, 2.75) is 13.0 Å². The van der Waals surface area contributed by atoms with Gasteiger partial charge in [0, 0.05) is 0 Å². The summed E-state index contributed by atoms with van der Waals surface area (Å²) >= 11 is 0. The van der Waals surface area contributed by atoms with Crippen molar-refractivity contribution < 1.29 is 14.7 Å². The zero-order valence-corrected chi connectivity index (χ0v) is 5.29. The third-order valence-electron chi connectivity index (χ3n) is 1.06. The molecule has 1 aliphatic heterocycles. The monoisotopic (exact) mass is 142 g/mol. The van der Waals surface area contributed by atoms with E-state index in [2.05, 4.69) is 10.3 Å². The summed E-state index contributed by atoms with van der Waals surface area (Å²) in [6.45, 7) is 1.47. The third kappa shape index (κ3) is 1.03. The first-order valence-electron chi connectivity index (χ1n) is 2.69. The fourth-order valence-corrected chi connectivity index (χ4v) is 0.613. The van der Waals surface area contributed by atoms with Crippen molar-refractivity contribution in [1.82, 2.24) is 5.32 Å². The average molecular weight is 142 g/mol. The van der Waals surface area contributed by atoms with Crippen LogP contribution in [0.3, 0.4) is 0 Å². The second kappa shape index (κ2) is 2.18. The van der Waals surface area contributed by atoms with Gasteiger partial charge in [0.1, 0.15) is 5.84 Å².